The molecule has 4 fully saturated rings. The van der Waals surface area contributed by atoms with Crippen LogP contribution in [-0.4, -0.2) is 18.8 Å². The molecule has 0 amide bonds. The van der Waals surface area contributed by atoms with Gasteiger partial charge in [-0.2, -0.15) is 0 Å². The van der Waals surface area contributed by atoms with Crippen molar-refractivity contribution in [3.63, 3.8) is 0 Å². The first kappa shape index (κ1) is 58.0. The van der Waals surface area contributed by atoms with E-state index in [9.17, 15) is 0 Å². The molecule has 4 bridgehead atoms. The van der Waals surface area contributed by atoms with Crippen LogP contribution in [0.2, 0.25) is 0 Å². The second-order valence-corrected chi connectivity index (χ2v) is 30.8. The maximum atomic E-state index is 2.96. The molecule has 0 atom stereocenters. The van der Waals surface area contributed by atoms with E-state index in [0.717, 1.165) is 11.8 Å². The second kappa shape index (κ2) is 22.1. The molecule has 4 aliphatic heterocycles. The summed E-state index contributed by atoms with van der Waals surface area (Å²) in [7, 11) is 0. The fraction of sp³-hybridized carbons (Fsp3) is 0.183. The van der Waals surface area contributed by atoms with Gasteiger partial charge < -0.3 is 14.7 Å². The molecule has 0 spiro atoms. The first-order chi connectivity index (χ1) is 47.3. The van der Waals surface area contributed by atoms with Crippen molar-refractivity contribution < 1.29 is 0 Å². The summed E-state index contributed by atoms with van der Waals surface area (Å²) in [4.78, 5) is 8.50. The van der Waals surface area contributed by atoms with Crippen LogP contribution >= 0.6 is 0 Å². The topological polar surface area (TPSA) is 9.72 Å². The monoisotopic (exact) mass is 1250 g/mol. The fourth-order valence-corrected chi connectivity index (χ4v) is 18.5. The first-order valence-electron chi connectivity index (χ1n) is 35.5. The van der Waals surface area contributed by atoms with Gasteiger partial charge in [0.05, 0.1) is 11.4 Å². The Morgan fingerprint density at radius 1 is 0.309 bits per heavy atom. The number of piperidine rings is 2. The molecule has 4 heteroatoms. The van der Waals surface area contributed by atoms with Gasteiger partial charge in [-0.1, -0.05) is 284 Å². The van der Waals surface area contributed by atoms with Gasteiger partial charge >= 0.3 is 0 Å². The SMILES string of the molecule is CC(C)(C)c1cc2ccc3cc(C(C)(C)C)cc4c(-c5ccc6c(c5)N(c5c(-c7ccccc7)cccc5-c5ccccc5)c5cc(N7C8CC9CC(C8)CC7C9)cc7c5B6c5cc(-c6ccccc6)ccc5N7c5c(-c6ccccc6)cccc5-c5ccccc5)cc(c1)c2c34. The number of rotatable bonds is 9. The van der Waals surface area contributed by atoms with E-state index in [2.05, 4.69) is 335 Å². The fourth-order valence-electron chi connectivity index (χ4n) is 18.5. The highest BCUT2D eigenvalue weighted by Crippen LogP contribution is 2.57. The Kier molecular flexibility index (Phi) is 13.2. The molecule has 2 saturated carbocycles. The summed E-state index contributed by atoms with van der Waals surface area (Å²) in [6, 6.07) is 109. The van der Waals surface area contributed by atoms with Crippen molar-refractivity contribution in [1.82, 2.24) is 0 Å². The molecule has 0 aromatic heterocycles. The largest absolute Gasteiger partial charge is 0.365 e. The van der Waals surface area contributed by atoms with Gasteiger partial charge in [-0.15, -0.1) is 0 Å². The molecule has 0 radical (unpaired) electrons. The molecule has 2 aliphatic carbocycles. The normalized spacial score (nSPS) is 17.7. The molecule has 14 aromatic rings. The Hall–Kier alpha value is -10.4. The van der Waals surface area contributed by atoms with Crippen molar-refractivity contribution in [2.45, 2.75) is 96.6 Å². The molecule has 3 nitrogen and oxygen atoms in total. The van der Waals surface area contributed by atoms with Crippen molar-refractivity contribution in [1.29, 1.82) is 0 Å². The Morgan fingerprint density at radius 2 is 0.753 bits per heavy atom. The van der Waals surface area contributed by atoms with E-state index in [4.69, 9.17) is 0 Å². The highest BCUT2D eigenvalue weighted by Gasteiger charge is 2.50. The Labute approximate surface area is 571 Å². The summed E-state index contributed by atoms with van der Waals surface area (Å²) >= 11 is 0. The van der Waals surface area contributed by atoms with Crippen LogP contribution in [0.15, 0.2) is 279 Å². The molecule has 14 aromatic carbocycles. The lowest BCUT2D eigenvalue weighted by Gasteiger charge is -2.58. The summed E-state index contributed by atoms with van der Waals surface area (Å²) < 4.78 is 0. The molecule has 0 unspecified atom stereocenters. The Bertz CT molecular complexity index is 5290. The first-order valence-corrected chi connectivity index (χ1v) is 35.5. The minimum atomic E-state index is -0.170. The van der Waals surface area contributed by atoms with Crippen molar-refractivity contribution in [3.8, 4) is 66.8 Å². The van der Waals surface area contributed by atoms with E-state index in [1.807, 2.05) is 0 Å². The number of anilines is 7. The average Bonchev–Trinajstić information content (AvgIpc) is 0.690. The van der Waals surface area contributed by atoms with Crippen molar-refractivity contribution in [3.05, 3.63) is 290 Å². The standard InChI is InChI=1S/C93H78BN3/c1-92(2,3)70-49-67-38-39-68-50-71(93(4,5)6)55-80-79(52-69(51-70)87(67)88(68)80)66-40-42-81-84(54-66)97(91-77(63-30-18-10-19-31-63)36-23-37-78(91)64-32-20-11-21-33-64)86-57-74(95-72-45-58-44-59(47-72)48-73(95)46-58)56-85-89(86)94(81)82-53-65(60-24-12-7-13-25-60)41-43-83(82)96(85)90-75(61-26-14-8-15-27-61)34-22-35-76(90)62-28-16-9-17-29-62/h7-43,49-59,72-73H,44-48H2,1-6H3. The molecule has 6 aliphatic rings. The van der Waals surface area contributed by atoms with E-state index >= 15 is 0 Å². The van der Waals surface area contributed by atoms with Crippen LogP contribution in [0.25, 0.3) is 99.1 Å². The number of nitrogens with zero attached hydrogens (tertiary/aromatic N) is 3. The zero-order valence-electron chi connectivity index (χ0n) is 56.3. The highest BCUT2D eigenvalue weighted by atomic mass is 15.2. The second-order valence-electron chi connectivity index (χ2n) is 30.8. The van der Waals surface area contributed by atoms with Crippen molar-refractivity contribution in [2.24, 2.45) is 11.8 Å². The molecule has 4 heterocycles. The molecular weight excluding hydrogens is 1170 g/mol. The summed E-state index contributed by atoms with van der Waals surface area (Å²) in [5.41, 5.74) is 29.4. The maximum Gasteiger partial charge on any atom is 0.252 e. The van der Waals surface area contributed by atoms with Gasteiger partial charge in [-0.25, -0.2) is 0 Å². The smallest absolute Gasteiger partial charge is 0.252 e. The average molecular weight is 1250 g/mol. The quantitative estimate of drug-likeness (QED) is 0.105. The van der Waals surface area contributed by atoms with E-state index < -0.39 is 0 Å². The van der Waals surface area contributed by atoms with Gasteiger partial charge in [-0.3, -0.25) is 0 Å². The van der Waals surface area contributed by atoms with E-state index in [1.54, 1.807) is 0 Å². The van der Waals surface area contributed by atoms with E-state index in [-0.39, 0.29) is 17.5 Å². The van der Waals surface area contributed by atoms with Crippen LogP contribution < -0.4 is 31.1 Å². The molecule has 0 N–H and O–H groups in total. The van der Waals surface area contributed by atoms with Crippen LogP contribution in [0.1, 0.15) is 84.8 Å². The molecule has 97 heavy (non-hydrogen) atoms. The van der Waals surface area contributed by atoms with Crippen LogP contribution in [0, 0.1) is 11.8 Å². The number of hydrogen-bond donors (Lipinski definition) is 0. The lowest BCUT2D eigenvalue weighted by Crippen LogP contribution is -2.62. The third kappa shape index (κ3) is 9.37. The van der Waals surface area contributed by atoms with Gasteiger partial charge in [0.15, 0.2) is 0 Å². The Balaban J connectivity index is 0.980. The lowest BCUT2D eigenvalue weighted by molar-refractivity contribution is 0.0900. The molecular formula is C93H78BN3. The van der Waals surface area contributed by atoms with Crippen molar-refractivity contribution in [2.75, 3.05) is 14.7 Å². The van der Waals surface area contributed by atoms with Gasteiger partial charge in [-0.05, 0) is 196 Å². The number of para-hydroxylation sites is 2. The summed E-state index contributed by atoms with van der Waals surface area (Å²) in [6.45, 7) is 14.0. The third-order valence-electron chi connectivity index (χ3n) is 22.9. The summed E-state index contributed by atoms with van der Waals surface area (Å²) in [5.74, 6) is 1.58. The minimum absolute atomic E-state index is 0.0454. The lowest BCUT2D eigenvalue weighted by atomic mass is 9.33. The van der Waals surface area contributed by atoms with Gasteiger partial charge in [0.25, 0.3) is 6.71 Å². The van der Waals surface area contributed by atoms with Crippen LogP contribution in [0.5, 0.6) is 0 Å². The van der Waals surface area contributed by atoms with E-state index in [0.29, 0.717) is 12.1 Å². The van der Waals surface area contributed by atoms with Gasteiger partial charge in [0, 0.05) is 62.8 Å². The van der Waals surface area contributed by atoms with Crippen molar-refractivity contribution >= 4 is 95.2 Å². The number of hydrogen-bond acceptors (Lipinski definition) is 3. The molecule has 468 valence electrons. The summed E-state index contributed by atoms with van der Waals surface area (Å²) in [5, 5.41) is 7.89. The molecule has 2 saturated heterocycles. The zero-order chi connectivity index (χ0) is 65.0. The maximum absolute atomic E-state index is 2.96. The Morgan fingerprint density at radius 3 is 1.25 bits per heavy atom. The number of benzene rings is 14. The zero-order valence-corrected chi connectivity index (χ0v) is 56.3. The molecule has 20 rings (SSSR count). The minimum Gasteiger partial charge on any atom is -0.365 e. The number of fused-ring (bicyclic) bond motifs is 4. The van der Waals surface area contributed by atoms with E-state index in [1.165, 1.54) is 199 Å². The van der Waals surface area contributed by atoms with Crippen LogP contribution in [-0.2, 0) is 10.8 Å². The highest BCUT2D eigenvalue weighted by molar-refractivity contribution is 7.00. The predicted molar refractivity (Wildman–Crippen MR) is 414 cm³/mol. The van der Waals surface area contributed by atoms with Gasteiger partial charge in [0.2, 0.25) is 0 Å². The van der Waals surface area contributed by atoms with Crippen LogP contribution in [0.4, 0.5) is 39.8 Å². The summed E-state index contributed by atoms with van der Waals surface area (Å²) in [6.07, 6.45) is 6.40. The predicted octanol–water partition coefficient (Wildman–Crippen LogP) is 23.0. The van der Waals surface area contributed by atoms with Gasteiger partial charge in [0.1, 0.15) is 0 Å². The van der Waals surface area contributed by atoms with Crippen LogP contribution in [0.3, 0.4) is 0 Å². The third-order valence-corrected chi connectivity index (χ3v) is 22.9.